The zero-order valence-electron chi connectivity index (χ0n) is 5.06. The van der Waals surface area contributed by atoms with Gasteiger partial charge in [0.15, 0.2) is 0 Å². The molecule has 0 amide bonds. The van der Waals surface area contributed by atoms with Crippen molar-refractivity contribution in [2.75, 3.05) is 27.2 Å². The number of hydrogen-bond donors (Lipinski definition) is 0. The fraction of sp³-hybridized carbons (Fsp3) is 1.00. The maximum atomic E-state index is 5.47. The highest BCUT2D eigenvalue weighted by Gasteiger charge is 1.93. The molecule has 0 aromatic heterocycles. The molecule has 0 aliphatic carbocycles. The van der Waals surface area contributed by atoms with Crippen LogP contribution in [0.2, 0.25) is 0 Å². The van der Waals surface area contributed by atoms with Gasteiger partial charge >= 0.3 is 0 Å². The molecule has 0 aliphatic heterocycles. The molecule has 0 unspecified atom stereocenters. The molecule has 2 nitrogen and oxygen atoms in total. The van der Waals surface area contributed by atoms with Gasteiger partial charge in [0.25, 0.3) is 0 Å². The molecule has 0 bridgehead atoms. The van der Waals surface area contributed by atoms with Gasteiger partial charge in [0.05, 0.1) is 0 Å². The monoisotopic (exact) mass is 156 g/mol. The van der Waals surface area contributed by atoms with Crippen molar-refractivity contribution in [1.29, 1.82) is 0 Å². The molecule has 0 saturated heterocycles. The van der Waals surface area contributed by atoms with Crippen LogP contribution in [-0.2, 0) is 0 Å². The zero-order valence-corrected chi connectivity index (χ0v) is 6.58. The van der Waals surface area contributed by atoms with Crippen molar-refractivity contribution in [3.8, 4) is 0 Å². The van der Waals surface area contributed by atoms with Crippen LogP contribution in [0.4, 0.5) is 0 Å². The second kappa shape index (κ2) is 4.39. The number of hydrogen-bond acceptors (Lipinski definition) is 2. The van der Waals surface area contributed by atoms with Crippen LogP contribution in [0.1, 0.15) is 0 Å². The van der Waals surface area contributed by atoms with Gasteiger partial charge in [-0.25, -0.2) is 8.84 Å². The Morgan fingerprint density at radius 2 is 1.25 bits per heavy atom. The van der Waals surface area contributed by atoms with E-state index >= 15 is 0 Å². The van der Waals surface area contributed by atoms with Gasteiger partial charge in [-0.15, -0.1) is 0 Å². The second-order valence-electron chi connectivity index (χ2n) is 1.66. The first-order valence-electron chi connectivity index (χ1n) is 2.36. The largest absolute Gasteiger partial charge is 0.222 e. The van der Waals surface area contributed by atoms with E-state index in [9.17, 15) is 0 Å². The van der Waals surface area contributed by atoms with Crippen LogP contribution in [0.15, 0.2) is 0 Å². The van der Waals surface area contributed by atoms with Crippen molar-refractivity contribution < 1.29 is 0 Å². The van der Waals surface area contributed by atoms with Crippen molar-refractivity contribution in [2.24, 2.45) is 0 Å². The Morgan fingerprint density at radius 3 is 1.38 bits per heavy atom. The molecule has 0 N–H and O–H groups in total. The Morgan fingerprint density at radius 1 is 1.00 bits per heavy atom. The maximum Gasteiger partial charge on any atom is 0.0276 e. The first-order chi connectivity index (χ1) is 3.63. The number of rotatable bonds is 3. The summed E-state index contributed by atoms with van der Waals surface area (Å²) in [4.78, 5) is 0. The number of nitrogens with zero attached hydrogens (tertiary/aromatic N) is 2. The van der Waals surface area contributed by atoms with E-state index in [-0.39, 0.29) is 0 Å². The highest BCUT2D eigenvalue weighted by Crippen LogP contribution is 1.90. The molecule has 0 aliphatic rings. The molecule has 0 heterocycles. The van der Waals surface area contributed by atoms with Crippen LogP contribution in [0.3, 0.4) is 0 Å². The van der Waals surface area contributed by atoms with E-state index < -0.39 is 0 Å². The zero-order chi connectivity index (χ0) is 6.57. The van der Waals surface area contributed by atoms with Crippen molar-refractivity contribution in [3.63, 3.8) is 0 Å². The fourth-order valence-corrected chi connectivity index (χ4v) is 0.427. The topological polar surface area (TPSA) is 6.48 Å². The van der Waals surface area contributed by atoms with E-state index in [1.54, 1.807) is 22.9 Å². The van der Waals surface area contributed by atoms with Crippen LogP contribution >= 0.6 is 23.6 Å². The summed E-state index contributed by atoms with van der Waals surface area (Å²) in [6, 6.07) is 0. The lowest BCUT2D eigenvalue weighted by Crippen LogP contribution is -2.19. The summed E-state index contributed by atoms with van der Waals surface area (Å²) in [6.07, 6.45) is 0. The Labute approximate surface area is 60.2 Å². The van der Waals surface area contributed by atoms with Gasteiger partial charge in [-0.2, -0.15) is 0 Å². The first kappa shape index (κ1) is 8.50. The molecule has 0 aromatic rings. The number of likely N-dealkylation sites (N-methyl/N-ethyl adjacent to an activating group) is 2. The van der Waals surface area contributed by atoms with Gasteiger partial charge in [0.2, 0.25) is 0 Å². The predicted octanol–water partition coefficient (Wildman–Crippen LogP) is 1.16. The lowest BCUT2D eigenvalue weighted by molar-refractivity contribution is 0.452. The summed E-state index contributed by atoms with van der Waals surface area (Å²) >= 11 is 10.9. The van der Waals surface area contributed by atoms with Crippen molar-refractivity contribution in [1.82, 2.24) is 8.84 Å². The Kier molecular flexibility index (Phi) is 4.66. The molecule has 0 atom stereocenters. The van der Waals surface area contributed by atoms with Gasteiger partial charge in [-0.05, 0) is 23.6 Å². The van der Waals surface area contributed by atoms with E-state index in [1.807, 2.05) is 0 Å². The molecule has 0 rings (SSSR count). The van der Waals surface area contributed by atoms with Gasteiger partial charge in [-0.3, -0.25) is 0 Å². The van der Waals surface area contributed by atoms with Crippen LogP contribution in [0.5, 0.6) is 0 Å². The molecule has 0 aromatic carbocycles. The average molecular weight is 157 g/mol. The lowest BCUT2D eigenvalue weighted by atomic mass is 10.6. The van der Waals surface area contributed by atoms with Crippen LogP contribution in [-0.4, -0.2) is 36.0 Å². The highest BCUT2D eigenvalue weighted by molar-refractivity contribution is 6.13. The Bertz CT molecular complexity index is 48.0. The van der Waals surface area contributed by atoms with Crippen LogP contribution in [0.25, 0.3) is 0 Å². The van der Waals surface area contributed by atoms with E-state index in [4.69, 9.17) is 23.6 Å². The smallest absolute Gasteiger partial charge is 0.0276 e. The minimum Gasteiger partial charge on any atom is -0.222 e. The van der Waals surface area contributed by atoms with Gasteiger partial charge in [-0.1, -0.05) is 0 Å². The summed E-state index contributed by atoms with van der Waals surface area (Å²) in [6.45, 7) is 1.56. The highest BCUT2D eigenvalue weighted by atomic mass is 35.5. The van der Waals surface area contributed by atoms with E-state index in [1.165, 1.54) is 0 Å². The summed E-state index contributed by atoms with van der Waals surface area (Å²) in [7, 11) is 3.59. The first-order valence-corrected chi connectivity index (χ1v) is 3.04. The third-order valence-electron chi connectivity index (χ3n) is 0.716. The molecule has 4 heteroatoms. The second-order valence-corrected chi connectivity index (χ2v) is 2.81. The van der Waals surface area contributed by atoms with E-state index in [0.717, 1.165) is 13.1 Å². The molecular formula is C4H10Cl2N2. The SMILES string of the molecule is CN(Cl)CCN(C)Cl. The molecular weight excluding hydrogens is 147 g/mol. The minimum atomic E-state index is 0.779. The van der Waals surface area contributed by atoms with Crippen molar-refractivity contribution in [3.05, 3.63) is 0 Å². The van der Waals surface area contributed by atoms with Crippen LogP contribution < -0.4 is 0 Å². The molecule has 0 fully saturated rings. The summed E-state index contributed by atoms with van der Waals surface area (Å²) in [5, 5.41) is 0. The average Bonchev–Trinajstić information content (AvgIpc) is 1.61. The molecule has 50 valence electrons. The Hall–Kier alpha value is 0.500. The van der Waals surface area contributed by atoms with Gasteiger partial charge in [0.1, 0.15) is 0 Å². The van der Waals surface area contributed by atoms with E-state index in [0.29, 0.717) is 0 Å². The molecule has 8 heavy (non-hydrogen) atoms. The third-order valence-corrected chi connectivity index (χ3v) is 1.05. The molecule has 0 spiro atoms. The molecule has 0 radical (unpaired) electrons. The van der Waals surface area contributed by atoms with E-state index in [2.05, 4.69) is 0 Å². The van der Waals surface area contributed by atoms with Crippen molar-refractivity contribution >= 4 is 23.6 Å². The summed E-state index contributed by atoms with van der Waals surface area (Å²) in [5.41, 5.74) is 0. The lowest BCUT2D eigenvalue weighted by Gasteiger charge is -2.08. The Balaban J connectivity index is 2.93. The van der Waals surface area contributed by atoms with Crippen molar-refractivity contribution in [2.45, 2.75) is 0 Å². The van der Waals surface area contributed by atoms with Gasteiger partial charge < -0.3 is 0 Å². The predicted molar refractivity (Wildman–Crippen MR) is 37.0 cm³/mol. The van der Waals surface area contributed by atoms with Crippen LogP contribution in [0, 0.1) is 0 Å². The van der Waals surface area contributed by atoms with Gasteiger partial charge in [0, 0.05) is 27.2 Å². The quantitative estimate of drug-likeness (QED) is 0.567. The fourth-order valence-electron chi connectivity index (χ4n) is 0.276. The standard InChI is InChI=1S/C4H10Cl2N2/c1-7(5)3-4-8(2)6/h3-4H2,1-2H3. The molecule has 0 saturated carbocycles. The normalized spacial score (nSPS) is 11.2. The summed E-state index contributed by atoms with van der Waals surface area (Å²) in [5.74, 6) is 0. The third kappa shape index (κ3) is 6.50. The number of halogens is 2. The summed E-state index contributed by atoms with van der Waals surface area (Å²) < 4.78 is 3.14. The minimum absolute atomic E-state index is 0.779. The maximum absolute atomic E-state index is 5.47.